The molecule has 1 aromatic heterocycles. The van der Waals surface area contributed by atoms with Crippen LogP contribution in [0.1, 0.15) is 18.5 Å². The van der Waals surface area contributed by atoms with Crippen LogP contribution < -0.4 is 11.1 Å². The molecule has 1 atom stereocenters. The summed E-state index contributed by atoms with van der Waals surface area (Å²) in [7, 11) is 0. The summed E-state index contributed by atoms with van der Waals surface area (Å²) in [6.45, 7) is 1.78. The van der Waals surface area contributed by atoms with E-state index >= 15 is 0 Å². The summed E-state index contributed by atoms with van der Waals surface area (Å²) in [5, 5.41) is 3.45. The van der Waals surface area contributed by atoms with Gasteiger partial charge < -0.3 is 20.8 Å². The van der Waals surface area contributed by atoms with Crippen LogP contribution >= 0.6 is 0 Å². The molecule has 0 aliphatic carbocycles. The van der Waals surface area contributed by atoms with E-state index in [1.807, 2.05) is 24.3 Å². The zero-order valence-corrected chi connectivity index (χ0v) is 11.2. The molecule has 6 nitrogen and oxygen atoms in total. The minimum Gasteiger partial charge on any atom is -0.464 e. The average molecular weight is 275 g/mol. The molecule has 0 saturated heterocycles. The smallest absolute Gasteiger partial charge is 0.333 e. The van der Waals surface area contributed by atoms with Crippen LogP contribution in [-0.4, -0.2) is 30.0 Å². The van der Waals surface area contributed by atoms with Gasteiger partial charge in [-0.05, 0) is 13.0 Å². The molecule has 6 heteroatoms. The Labute approximate surface area is 116 Å². The summed E-state index contributed by atoms with van der Waals surface area (Å²) in [4.78, 5) is 26.6. The first-order chi connectivity index (χ1) is 9.67. The molecule has 106 valence electrons. The summed E-state index contributed by atoms with van der Waals surface area (Å²) < 4.78 is 5.01. The van der Waals surface area contributed by atoms with E-state index in [1.165, 1.54) is 0 Å². The van der Waals surface area contributed by atoms with Gasteiger partial charge in [0.1, 0.15) is 0 Å². The fourth-order valence-corrected chi connectivity index (χ4v) is 2.04. The molecule has 0 aliphatic heterocycles. The Morgan fingerprint density at radius 2 is 2.15 bits per heavy atom. The highest BCUT2D eigenvalue weighted by Gasteiger charge is 2.26. The lowest BCUT2D eigenvalue weighted by Gasteiger charge is -2.16. The highest BCUT2D eigenvalue weighted by Crippen LogP contribution is 2.25. The zero-order valence-electron chi connectivity index (χ0n) is 11.2. The minimum atomic E-state index is -0.859. The van der Waals surface area contributed by atoms with Crippen molar-refractivity contribution in [1.82, 2.24) is 10.3 Å². The molecule has 1 unspecified atom stereocenters. The largest absolute Gasteiger partial charge is 0.464 e. The minimum absolute atomic E-state index is 0.182. The number of carbonyl (C=O) groups is 2. The van der Waals surface area contributed by atoms with Crippen molar-refractivity contribution in [3.05, 3.63) is 36.0 Å². The number of para-hydroxylation sites is 1. The number of fused-ring (bicyclic) bond motifs is 1. The SMILES string of the molecule is CCOC(=O)C(NC(=O)CN)c1c[nH]c2ccccc12. The predicted molar refractivity (Wildman–Crippen MR) is 74.9 cm³/mol. The van der Waals surface area contributed by atoms with Crippen LogP contribution in [0.25, 0.3) is 10.9 Å². The van der Waals surface area contributed by atoms with Crippen molar-refractivity contribution in [2.24, 2.45) is 5.73 Å². The molecule has 1 aromatic carbocycles. The summed E-state index contributed by atoms with van der Waals surface area (Å²) in [5.41, 5.74) is 6.84. The third-order valence-corrected chi connectivity index (χ3v) is 2.95. The van der Waals surface area contributed by atoms with Crippen molar-refractivity contribution in [2.75, 3.05) is 13.2 Å². The van der Waals surface area contributed by atoms with Crippen LogP contribution in [0.5, 0.6) is 0 Å². The number of esters is 1. The van der Waals surface area contributed by atoms with Crippen LogP contribution in [0.4, 0.5) is 0 Å². The summed E-state index contributed by atoms with van der Waals surface area (Å²) >= 11 is 0. The number of carbonyl (C=O) groups excluding carboxylic acids is 2. The molecule has 2 aromatic rings. The Bertz CT molecular complexity index is 621. The number of aromatic amines is 1. The maximum absolute atomic E-state index is 12.0. The summed E-state index contributed by atoms with van der Waals surface area (Å²) in [6, 6.07) is 6.67. The number of amides is 1. The van der Waals surface area contributed by atoms with Crippen molar-refractivity contribution in [3.8, 4) is 0 Å². The van der Waals surface area contributed by atoms with Gasteiger partial charge in [0.25, 0.3) is 0 Å². The molecule has 1 heterocycles. The van der Waals surface area contributed by atoms with Gasteiger partial charge in [-0.1, -0.05) is 18.2 Å². The van der Waals surface area contributed by atoms with Crippen LogP contribution in [0.2, 0.25) is 0 Å². The lowest BCUT2D eigenvalue weighted by molar-refractivity contribution is -0.147. The number of ether oxygens (including phenoxy) is 1. The number of hydrogen-bond acceptors (Lipinski definition) is 4. The van der Waals surface area contributed by atoms with Crippen LogP contribution in [0.15, 0.2) is 30.5 Å². The molecule has 0 spiro atoms. The van der Waals surface area contributed by atoms with E-state index < -0.39 is 17.9 Å². The fourth-order valence-electron chi connectivity index (χ4n) is 2.04. The van der Waals surface area contributed by atoms with Crippen molar-refractivity contribution >= 4 is 22.8 Å². The van der Waals surface area contributed by atoms with E-state index in [-0.39, 0.29) is 13.2 Å². The third-order valence-electron chi connectivity index (χ3n) is 2.95. The highest BCUT2D eigenvalue weighted by molar-refractivity contribution is 5.92. The van der Waals surface area contributed by atoms with Gasteiger partial charge in [-0.25, -0.2) is 4.79 Å². The van der Waals surface area contributed by atoms with E-state index in [2.05, 4.69) is 10.3 Å². The van der Waals surface area contributed by atoms with Gasteiger partial charge in [0, 0.05) is 22.7 Å². The number of nitrogens with one attached hydrogen (secondary N) is 2. The van der Waals surface area contributed by atoms with Crippen molar-refractivity contribution in [1.29, 1.82) is 0 Å². The van der Waals surface area contributed by atoms with E-state index in [0.29, 0.717) is 5.56 Å². The number of H-pyrrole nitrogens is 1. The first-order valence-electron chi connectivity index (χ1n) is 6.39. The monoisotopic (exact) mass is 275 g/mol. The maximum Gasteiger partial charge on any atom is 0.333 e. The van der Waals surface area contributed by atoms with Gasteiger partial charge in [0.05, 0.1) is 13.2 Å². The number of aromatic nitrogens is 1. The molecule has 0 bridgehead atoms. The molecule has 4 N–H and O–H groups in total. The Morgan fingerprint density at radius 1 is 1.40 bits per heavy atom. The number of nitrogens with two attached hydrogens (primary N) is 1. The quantitative estimate of drug-likeness (QED) is 0.704. The summed E-state index contributed by atoms with van der Waals surface area (Å²) in [5.74, 6) is -0.910. The molecule has 0 radical (unpaired) electrons. The second kappa shape index (κ2) is 6.21. The van der Waals surface area contributed by atoms with E-state index in [1.54, 1.807) is 13.1 Å². The normalized spacial score (nSPS) is 12.1. The van der Waals surface area contributed by atoms with Gasteiger partial charge in [-0.3, -0.25) is 4.79 Å². The Hall–Kier alpha value is -2.34. The van der Waals surface area contributed by atoms with Gasteiger partial charge in [0.15, 0.2) is 6.04 Å². The van der Waals surface area contributed by atoms with Gasteiger partial charge in [0.2, 0.25) is 5.91 Å². The van der Waals surface area contributed by atoms with E-state index in [9.17, 15) is 9.59 Å². The van der Waals surface area contributed by atoms with E-state index in [0.717, 1.165) is 10.9 Å². The Morgan fingerprint density at radius 3 is 2.85 bits per heavy atom. The number of rotatable bonds is 5. The molecule has 1 amide bonds. The van der Waals surface area contributed by atoms with Gasteiger partial charge >= 0.3 is 5.97 Å². The van der Waals surface area contributed by atoms with Gasteiger partial charge in [-0.2, -0.15) is 0 Å². The Balaban J connectivity index is 2.39. The molecular formula is C14H17N3O3. The van der Waals surface area contributed by atoms with Gasteiger partial charge in [-0.15, -0.1) is 0 Å². The Kier molecular flexibility index (Phi) is 4.37. The maximum atomic E-state index is 12.0. The van der Waals surface area contributed by atoms with Crippen molar-refractivity contribution in [3.63, 3.8) is 0 Å². The number of hydrogen-bond donors (Lipinski definition) is 3. The van der Waals surface area contributed by atoms with Crippen molar-refractivity contribution < 1.29 is 14.3 Å². The fraction of sp³-hybridized carbons (Fsp3) is 0.286. The molecule has 0 aliphatic rings. The lowest BCUT2D eigenvalue weighted by atomic mass is 10.1. The molecule has 2 rings (SSSR count). The second-order valence-electron chi connectivity index (χ2n) is 4.25. The molecule has 0 saturated carbocycles. The van der Waals surface area contributed by atoms with Crippen LogP contribution in [0, 0.1) is 0 Å². The first kappa shape index (κ1) is 14.1. The third kappa shape index (κ3) is 2.80. The predicted octanol–water partition coefficient (Wildman–Crippen LogP) is 0.847. The standard InChI is InChI=1S/C14H17N3O3/c1-2-20-14(19)13(17-12(18)7-15)10-8-16-11-6-4-3-5-9(10)11/h3-6,8,13,16H,2,7,15H2,1H3,(H,17,18). The number of benzene rings is 1. The zero-order chi connectivity index (χ0) is 14.5. The molecule has 0 fully saturated rings. The van der Waals surface area contributed by atoms with Crippen LogP contribution in [0.3, 0.4) is 0 Å². The topological polar surface area (TPSA) is 97.2 Å². The van der Waals surface area contributed by atoms with Crippen LogP contribution in [-0.2, 0) is 14.3 Å². The molecular weight excluding hydrogens is 258 g/mol. The highest BCUT2D eigenvalue weighted by atomic mass is 16.5. The average Bonchev–Trinajstić information content (AvgIpc) is 2.88. The first-order valence-corrected chi connectivity index (χ1v) is 6.39. The summed E-state index contributed by atoms with van der Waals surface area (Å²) in [6.07, 6.45) is 1.70. The van der Waals surface area contributed by atoms with E-state index in [4.69, 9.17) is 10.5 Å². The second-order valence-corrected chi connectivity index (χ2v) is 4.25. The molecule has 20 heavy (non-hydrogen) atoms. The van der Waals surface area contributed by atoms with Crippen molar-refractivity contribution in [2.45, 2.75) is 13.0 Å². The lowest BCUT2D eigenvalue weighted by Crippen LogP contribution is -2.38.